The average Bonchev–Trinajstić information content (AvgIpc) is 2.15. The zero-order chi connectivity index (χ0) is 6.69. The van der Waals surface area contributed by atoms with Crippen LogP contribution in [0.4, 0.5) is 0 Å². The molecule has 0 aliphatic carbocycles. The van der Waals surface area contributed by atoms with Crippen LogP contribution in [0, 0.1) is 0 Å². The first kappa shape index (κ1) is 9.87. The molecule has 0 atom stereocenters. The van der Waals surface area contributed by atoms with Crippen LogP contribution in [0.2, 0.25) is 0 Å². The third-order valence-electron chi connectivity index (χ3n) is 0.786. The number of aliphatic carboxylic acids is 1. The number of rotatable bonds is 2. The zero-order valence-electron chi connectivity index (χ0n) is 4.57. The number of hydrogen-bond acceptors (Lipinski definition) is 3. The van der Waals surface area contributed by atoms with Gasteiger partial charge >= 0.3 is 29.0 Å². The maximum absolute atomic E-state index is 10.0. The van der Waals surface area contributed by atoms with Crippen molar-refractivity contribution in [2.24, 2.45) is 0 Å². The van der Waals surface area contributed by atoms with Crippen LogP contribution in [0.15, 0.2) is 11.6 Å². The molecule has 0 saturated heterocycles. The van der Waals surface area contributed by atoms with Gasteiger partial charge in [-0.1, -0.05) is 0 Å². The lowest BCUT2D eigenvalue weighted by Crippen LogP contribution is -1.98. The second-order valence-corrected chi connectivity index (χ2v) is 2.48. The smallest absolute Gasteiger partial charge is 0.316 e. The summed E-state index contributed by atoms with van der Waals surface area (Å²) in [5, 5.41) is 10.7. The maximum atomic E-state index is 10.0. The van der Waals surface area contributed by atoms with Crippen LogP contribution in [0.5, 0.6) is 0 Å². The summed E-state index contributed by atoms with van der Waals surface area (Å²) in [5.74, 6) is -0.829. The third kappa shape index (κ3) is 3.14. The van der Waals surface area contributed by atoms with Crippen molar-refractivity contribution in [3.63, 3.8) is 0 Å². The Morgan fingerprint density at radius 1 is 1.80 bits per heavy atom. The highest BCUT2D eigenvalue weighted by Crippen LogP contribution is 2.03. The fourth-order valence-corrected chi connectivity index (χ4v) is 1.08. The van der Waals surface area contributed by atoms with E-state index in [4.69, 9.17) is 5.11 Å². The maximum Gasteiger partial charge on any atom is 0.316 e. The number of carboxylic acid groups (broad SMARTS) is 1. The Hall–Kier alpha value is -0.134. The number of carboxylic acids is 1. The average molecular weight is 169 g/mol. The van der Waals surface area contributed by atoms with E-state index in [1.54, 1.807) is 11.6 Å². The molecule has 0 radical (unpaired) electrons. The van der Waals surface area contributed by atoms with Gasteiger partial charge in [0.1, 0.15) is 5.01 Å². The van der Waals surface area contributed by atoms with Crippen molar-refractivity contribution in [1.29, 1.82) is 0 Å². The highest BCUT2D eigenvalue weighted by atomic mass is 32.1. The molecular weight excluding hydrogens is 162 g/mol. The van der Waals surface area contributed by atoms with Gasteiger partial charge in [-0.05, 0) is 0 Å². The predicted octanol–water partition coefficient (Wildman–Crippen LogP) is -0.146. The molecule has 1 heterocycles. The summed E-state index contributed by atoms with van der Waals surface area (Å²) in [6.07, 6.45) is 1.64. The van der Waals surface area contributed by atoms with E-state index in [-0.39, 0.29) is 29.5 Å². The normalized spacial score (nSPS) is 8.40. The number of aromatic nitrogens is 1. The summed E-state index contributed by atoms with van der Waals surface area (Å²) >= 11 is 1.36. The molecule has 0 bridgehead atoms. The first-order valence-corrected chi connectivity index (χ1v) is 3.27. The fraction of sp³-hybridized carbons (Fsp3) is 0.200. The van der Waals surface area contributed by atoms with Crippen LogP contribution in [-0.4, -0.2) is 39.1 Å². The molecule has 10 heavy (non-hydrogen) atoms. The topological polar surface area (TPSA) is 50.2 Å². The minimum atomic E-state index is -0.829. The number of carbonyl (C=O) groups is 1. The lowest BCUT2D eigenvalue weighted by Gasteiger charge is -1.83. The van der Waals surface area contributed by atoms with E-state index < -0.39 is 5.97 Å². The van der Waals surface area contributed by atoms with Gasteiger partial charge in [0.2, 0.25) is 0 Å². The monoisotopic (exact) mass is 169 g/mol. The van der Waals surface area contributed by atoms with Gasteiger partial charge in [-0.3, -0.25) is 4.79 Å². The molecule has 0 aliphatic rings. The van der Waals surface area contributed by atoms with Crippen LogP contribution >= 0.6 is 11.3 Å². The Balaban J connectivity index is 0.000000810. The summed E-state index contributed by atoms with van der Waals surface area (Å²) < 4.78 is 0. The molecule has 52 valence electrons. The van der Waals surface area contributed by atoms with Gasteiger partial charge in [-0.2, -0.15) is 0 Å². The number of thiazole rings is 1. The second kappa shape index (κ2) is 4.65. The van der Waals surface area contributed by atoms with Crippen LogP contribution in [0.1, 0.15) is 5.01 Å². The highest BCUT2D eigenvalue weighted by Gasteiger charge is 2.00. The standard InChI is InChI=1S/C5H5NO2S.Mg.2H/c7-5(8)3-4-6-1-2-9-4;;;/h1-2H,3H2,(H,7,8);;;. The first-order chi connectivity index (χ1) is 4.29. The SMILES string of the molecule is O=C(O)Cc1nccs1.[MgH2]. The van der Waals surface area contributed by atoms with Crippen LogP contribution in [0.3, 0.4) is 0 Å². The molecule has 1 N–H and O–H groups in total. The molecular formula is C5H7MgNO2S. The minimum absolute atomic E-state index is 0. The molecule has 1 rings (SSSR count). The van der Waals surface area contributed by atoms with Crippen molar-refractivity contribution >= 4 is 40.4 Å². The molecule has 0 aliphatic heterocycles. The van der Waals surface area contributed by atoms with Gasteiger partial charge in [0.05, 0.1) is 6.42 Å². The van der Waals surface area contributed by atoms with Crippen LogP contribution in [-0.2, 0) is 11.2 Å². The van der Waals surface area contributed by atoms with Gasteiger partial charge < -0.3 is 5.11 Å². The molecule has 1 aromatic rings. The van der Waals surface area contributed by atoms with Gasteiger partial charge in [-0.25, -0.2) is 4.98 Å². The van der Waals surface area contributed by atoms with Gasteiger partial charge in [0.25, 0.3) is 0 Å². The van der Waals surface area contributed by atoms with E-state index in [0.29, 0.717) is 5.01 Å². The van der Waals surface area contributed by atoms with E-state index in [1.807, 2.05) is 0 Å². The van der Waals surface area contributed by atoms with Gasteiger partial charge in [0.15, 0.2) is 0 Å². The fourth-order valence-electron chi connectivity index (χ4n) is 0.470. The Morgan fingerprint density at radius 2 is 2.50 bits per heavy atom. The molecule has 0 amide bonds. The van der Waals surface area contributed by atoms with Crippen molar-refractivity contribution in [2.75, 3.05) is 0 Å². The molecule has 0 saturated carbocycles. The summed E-state index contributed by atoms with van der Waals surface area (Å²) in [4.78, 5) is 13.8. The van der Waals surface area contributed by atoms with Crippen molar-refractivity contribution in [1.82, 2.24) is 4.98 Å². The predicted molar refractivity (Wildman–Crippen MR) is 42.0 cm³/mol. The summed E-state index contributed by atoms with van der Waals surface area (Å²) in [6.45, 7) is 0. The van der Waals surface area contributed by atoms with E-state index >= 15 is 0 Å². The van der Waals surface area contributed by atoms with Crippen molar-refractivity contribution < 1.29 is 9.90 Å². The third-order valence-corrected chi connectivity index (χ3v) is 1.57. The van der Waals surface area contributed by atoms with Crippen molar-refractivity contribution in [3.8, 4) is 0 Å². The molecule has 0 spiro atoms. The summed E-state index contributed by atoms with van der Waals surface area (Å²) in [7, 11) is 0. The molecule has 0 aromatic carbocycles. The van der Waals surface area contributed by atoms with E-state index in [0.717, 1.165) is 0 Å². The lowest BCUT2D eigenvalue weighted by molar-refractivity contribution is -0.136. The lowest BCUT2D eigenvalue weighted by atomic mass is 10.5. The summed E-state index contributed by atoms with van der Waals surface area (Å²) in [6, 6.07) is 0. The number of hydrogen-bond donors (Lipinski definition) is 1. The quantitative estimate of drug-likeness (QED) is 0.627. The Morgan fingerprint density at radius 3 is 2.90 bits per heavy atom. The zero-order valence-corrected chi connectivity index (χ0v) is 5.39. The van der Waals surface area contributed by atoms with Crippen LogP contribution in [0.25, 0.3) is 0 Å². The van der Waals surface area contributed by atoms with E-state index in [1.165, 1.54) is 11.3 Å². The Bertz CT molecular complexity index is 199. The molecule has 0 fully saturated rings. The summed E-state index contributed by atoms with van der Waals surface area (Å²) in [5.41, 5.74) is 0. The van der Waals surface area contributed by atoms with Crippen molar-refractivity contribution in [3.05, 3.63) is 16.6 Å². The highest BCUT2D eigenvalue weighted by molar-refractivity contribution is 7.09. The Kier molecular flexibility index (Phi) is 4.58. The van der Waals surface area contributed by atoms with E-state index in [2.05, 4.69) is 4.98 Å². The number of nitrogens with zero attached hydrogens (tertiary/aromatic N) is 1. The van der Waals surface area contributed by atoms with E-state index in [9.17, 15) is 4.79 Å². The molecule has 3 nitrogen and oxygen atoms in total. The largest absolute Gasteiger partial charge is 0.481 e. The molecule has 1 aromatic heterocycles. The van der Waals surface area contributed by atoms with Gasteiger partial charge in [-0.15, -0.1) is 11.3 Å². The second-order valence-electron chi connectivity index (χ2n) is 1.50. The van der Waals surface area contributed by atoms with Crippen LogP contribution < -0.4 is 0 Å². The van der Waals surface area contributed by atoms with Crippen molar-refractivity contribution in [2.45, 2.75) is 6.42 Å². The van der Waals surface area contributed by atoms with Gasteiger partial charge in [0, 0.05) is 11.6 Å². The minimum Gasteiger partial charge on any atom is -0.481 e. The first-order valence-electron chi connectivity index (χ1n) is 2.39. The molecule has 5 heteroatoms. The molecule has 0 unspecified atom stereocenters. The Labute approximate surface area is 78.2 Å².